The average molecular weight is 333 g/mol. The van der Waals surface area contributed by atoms with Crippen LogP contribution in [0.15, 0.2) is 59.0 Å². The first-order chi connectivity index (χ1) is 11.7. The van der Waals surface area contributed by atoms with Gasteiger partial charge in [-0.25, -0.2) is 4.98 Å². The summed E-state index contributed by atoms with van der Waals surface area (Å²) in [5.41, 5.74) is 3.37. The van der Waals surface area contributed by atoms with Crippen LogP contribution in [0, 0.1) is 11.4 Å². The van der Waals surface area contributed by atoms with Gasteiger partial charge in [0, 0.05) is 16.8 Å². The smallest absolute Gasteiger partial charge is 0.139 e. The van der Waals surface area contributed by atoms with Crippen molar-refractivity contribution in [1.82, 2.24) is 4.98 Å². The molecule has 2 aromatic heterocycles. The molecule has 24 heavy (non-hydrogen) atoms. The molecule has 0 saturated heterocycles. The number of methoxy groups -OCH3 is 1. The van der Waals surface area contributed by atoms with Crippen molar-refractivity contribution < 1.29 is 9.15 Å². The molecule has 0 atom stereocenters. The van der Waals surface area contributed by atoms with Gasteiger partial charge < -0.3 is 9.15 Å². The molecule has 0 amide bonds. The van der Waals surface area contributed by atoms with E-state index in [-0.39, 0.29) is 0 Å². The third-order valence-corrected chi connectivity index (χ3v) is 4.55. The molecular formula is C20H15NO2S. The highest BCUT2D eigenvalue weighted by atomic mass is 32.1. The van der Waals surface area contributed by atoms with Crippen LogP contribution in [0.5, 0.6) is 5.75 Å². The van der Waals surface area contributed by atoms with E-state index in [1.54, 1.807) is 7.11 Å². The van der Waals surface area contributed by atoms with Crippen molar-refractivity contribution in [2.75, 3.05) is 7.11 Å². The van der Waals surface area contributed by atoms with Gasteiger partial charge >= 0.3 is 0 Å². The maximum Gasteiger partial charge on any atom is 0.139 e. The fourth-order valence-electron chi connectivity index (χ4n) is 2.91. The summed E-state index contributed by atoms with van der Waals surface area (Å²) >= 11 is 5.72. The first-order valence-corrected chi connectivity index (χ1v) is 8.06. The van der Waals surface area contributed by atoms with E-state index in [0.29, 0.717) is 0 Å². The first kappa shape index (κ1) is 14.8. The van der Waals surface area contributed by atoms with Crippen LogP contribution in [-0.2, 0) is 0 Å². The summed E-state index contributed by atoms with van der Waals surface area (Å²) in [7, 11) is 1.63. The minimum Gasteiger partial charge on any atom is -0.497 e. The number of rotatable bonds is 2. The fourth-order valence-corrected chi connectivity index (χ4v) is 3.33. The van der Waals surface area contributed by atoms with Gasteiger partial charge in [-0.2, -0.15) is 0 Å². The van der Waals surface area contributed by atoms with Crippen molar-refractivity contribution >= 4 is 34.1 Å². The Hall–Kier alpha value is -2.72. The van der Waals surface area contributed by atoms with E-state index in [0.717, 1.165) is 49.1 Å². The van der Waals surface area contributed by atoms with Crippen molar-refractivity contribution in [3.8, 4) is 17.0 Å². The van der Waals surface area contributed by atoms with E-state index in [2.05, 4.69) is 6.07 Å². The van der Waals surface area contributed by atoms with Crippen molar-refractivity contribution in [3.63, 3.8) is 0 Å². The number of hydrogen-bond acceptors (Lipinski definition) is 4. The molecule has 2 heterocycles. The lowest BCUT2D eigenvalue weighted by Gasteiger charge is -2.10. The van der Waals surface area contributed by atoms with Crippen LogP contribution in [0.3, 0.4) is 0 Å². The molecule has 0 radical (unpaired) electrons. The molecule has 3 nitrogen and oxygen atoms in total. The minimum absolute atomic E-state index is 0.724. The maximum absolute atomic E-state index is 6.00. The van der Waals surface area contributed by atoms with E-state index in [4.69, 9.17) is 26.4 Å². The average Bonchev–Trinajstić information content (AvgIpc) is 2.61. The van der Waals surface area contributed by atoms with Crippen LogP contribution in [0.4, 0.5) is 0 Å². The number of hydrogen-bond donors (Lipinski definition) is 0. The zero-order valence-corrected chi connectivity index (χ0v) is 14.2. The van der Waals surface area contributed by atoms with Gasteiger partial charge in [0.15, 0.2) is 0 Å². The number of aromatic nitrogens is 1. The Kier molecular flexibility index (Phi) is 3.54. The molecule has 0 fully saturated rings. The van der Waals surface area contributed by atoms with Crippen LogP contribution >= 0.6 is 12.2 Å². The second-order valence-corrected chi connectivity index (χ2v) is 6.02. The summed E-state index contributed by atoms with van der Waals surface area (Å²) < 4.78 is 12.0. The molecular weight excluding hydrogens is 318 g/mol. The van der Waals surface area contributed by atoms with Gasteiger partial charge in [-0.05, 0) is 31.2 Å². The summed E-state index contributed by atoms with van der Waals surface area (Å²) in [5, 5.41) is 1.99. The van der Waals surface area contributed by atoms with Crippen LogP contribution < -0.4 is 4.74 Å². The van der Waals surface area contributed by atoms with Crippen molar-refractivity contribution in [2.24, 2.45) is 0 Å². The van der Waals surface area contributed by atoms with Crippen molar-refractivity contribution in [3.05, 3.63) is 64.9 Å². The number of fused-ring (bicyclic) bond motifs is 2. The van der Waals surface area contributed by atoms with Gasteiger partial charge in [-0.15, -0.1) is 0 Å². The van der Waals surface area contributed by atoms with Crippen LogP contribution in [0.2, 0.25) is 0 Å². The Balaban J connectivity index is 1.99. The Morgan fingerprint density at radius 2 is 1.88 bits per heavy atom. The molecule has 0 unspecified atom stereocenters. The monoisotopic (exact) mass is 333 g/mol. The topological polar surface area (TPSA) is 35.3 Å². The molecule has 4 rings (SSSR count). The highest BCUT2D eigenvalue weighted by Crippen LogP contribution is 2.32. The number of nitrogens with zero attached hydrogens (tertiary/aromatic N) is 1. The molecule has 0 bridgehead atoms. The van der Waals surface area contributed by atoms with Gasteiger partial charge in [0.25, 0.3) is 0 Å². The van der Waals surface area contributed by atoms with Gasteiger partial charge in [-0.3, -0.25) is 0 Å². The SMILES string of the molecule is COc1ccc2c(=S)c(-c3ccc4ccccc4n3)c(C)oc2c1. The lowest BCUT2D eigenvalue weighted by atomic mass is 10.1. The molecule has 0 aliphatic carbocycles. The summed E-state index contributed by atoms with van der Waals surface area (Å²) in [6.45, 7) is 1.92. The zero-order valence-electron chi connectivity index (χ0n) is 13.4. The van der Waals surface area contributed by atoms with E-state index in [1.807, 2.05) is 55.5 Å². The molecule has 0 spiro atoms. The van der Waals surface area contributed by atoms with E-state index >= 15 is 0 Å². The standard InChI is InChI=1S/C20H15NO2S/c1-12-19(17-10-7-13-5-3-4-6-16(13)21-17)20(24)15-9-8-14(22-2)11-18(15)23-12/h3-11H,1-2H3. The van der Waals surface area contributed by atoms with Gasteiger partial charge in [0.1, 0.15) is 17.1 Å². The highest BCUT2D eigenvalue weighted by Gasteiger charge is 2.13. The number of benzene rings is 2. The van der Waals surface area contributed by atoms with E-state index in [9.17, 15) is 0 Å². The molecule has 0 aliphatic heterocycles. The number of para-hydroxylation sites is 1. The quantitative estimate of drug-likeness (QED) is 0.441. The van der Waals surface area contributed by atoms with Crippen LogP contribution in [0.25, 0.3) is 33.1 Å². The summed E-state index contributed by atoms with van der Waals surface area (Å²) in [4.78, 5) is 4.76. The van der Waals surface area contributed by atoms with Gasteiger partial charge in [-0.1, -0.05) is 36.5 Å². The lowest BCUT2D eigenvalue weighted by Crippen LogP contribution is -1.91. The summed E-state index contributed by atoms with van der Waals surface area (Å²) in [6, 6.07) is 17.8. The van der Waals surface area contributed by atoms with Crippen molar-refractivity contribution in [1.29, 1.82) is 0 Å². The fraction of sp³-hybridized carbons (Fsp3) is 0.100. The third-order valence-electron chi connectivity index (χ3n) is 4.13. The molecule has 0 N–H and O–H groups in total. The van der Waals surface area contributed by atoms with Crippen LogP contribution in [0.1, 0.15) is 5.76 Å². The molecule has 118 valence electrons. The van der Waals surface area contributed by atoms with Crippen molar-refractivity contribution in [2.45, 2.75) is 6.92 Å². The number of ether oxygens (including phenoxy) is 1. The molecule has 0 saturated carbocycles. The predicted octanol–water partition coefficient (Wildman–Crippen LogP) is 5.69. The Morgan fingerprint density at radius 1 is 1.04 bits per heavy atom. The Bertz CT molecular complexity index is 1130. The minimum atomic E-state index is 0.724. The number of aryl methyl sites for hydroxylation is 1. The van der Waals surface area contributed by atoms with Gasteiger partial charge in [0.2, 0.25) is 0 Å². The Morgan fingerprint density at radius 3 is 2.71 bits per heavy atom. The molecule has 0 aliphatic rings. The largest absolute Gasteiger partial charge is 0.497 e. The Labute approximate surface area is 144 Å². The lowest BCUT2D eigenvalue weighted by molar-refractivity contribution is 0.414. The van der Waals surface area contributed by atoms with Crippen LogP contribution in [-0.4, -0.2) is 12.1 Å². The third kappa shape index (κ3) is 2.36. The second-order valence-electron chi connectivity index (χ2n) is 5.61. The molecule has 4 aromatic rings. The summed E-state index contributed by atoms with van der Waals surface area (Å²) in [5.74, 6) is 1.50. The maximum atomic E-state index is 6.00. The molecule has 2 aromatic carbocycles. The highest BCUT2D eigenvalue weighted by molar-refractivity contribution is 7.71. The van der Waals surface area contributed by atoms with Gasteiger partial charge in [0.05, 0.1) is 28.4 Å². The van der Waals surface area contributed by atoms with E-state index < -0.39 is 0 Å². The normalized spacial score (nSPS) is 11.1. The predicted molar refractivity (Wildman–Crippen MR) is 99.1 cm³/mol. The van der Waals surface area contributed by atoms with E-state index in [1.165, 1.54) is 0 Å². The number of pyridine rings is 1. The second kappa shape index (κ2) is 5.73. The zero-order chi connectivity index (χ0) is 16.7. The first-order valence-electron chi connectivity index (χ1n) is 7.65. The molecule has 4 heteroatoms. The summed E-state index contributed by atoms with van der Waals surface area (Å²) in [6.07, 6.45) is 0.